The highest BCUT2D eigenvalue weighted by molar-refractivity contribution is 6.30. The Kier molecular flexibility index (Phi) is 4.80. The number of anilines is 1. The van der Waals surface area contributed by atoms with Crippen LogP contribution < -0.4 is 5.32 Å². The van der Waals surface area contributed by atoms with Crippen LogP contribution in [-0.2, 0) is 6.42 Å². The number of hydrogen-bond acceptors (Lipinski definition) is 4. The molecule has 102 valence electrons. The van der Waals surface area contributed by atoms with E-state index in [1.807, 2.05) is 31.2 Å². The summed E-state index contributed by atoms with van der Waals surface area (Å²) >= 11 is 5.85. The summed E-state index contributed by atoms with van der Waals surface area (Å²) in [6.45, 7) is 4.14. The van der Waals surface area contributed by atoms with Crippen molar-refractivity contribution >= 4 is 17.3 Å². The zero-order valence-corrected chi connectivity index (χ0v) is 11.9. The molecule has 0 aliphatic rings. The molecule has 19 heavy (non-hydrogen) atoms. The predicted octanol–water partition coefficient (Wildman–Crippen LogP) is 4.24. The summed E-state index contributed by atoms with van der Waals surface area (Å²) in [5.74, 6) is 1.39. The Bertz CT molecular complexity index is 510. The topological polar surface area (TPSA) is 51.0 Å². The summed E-state index contributed by atoms with van der Waals surface area (Å²) in [7, 11) is 0. The highest BCUT2D eigenvalue weighted by atomic mass is 35.5. The number of unbranched alkanes of at least 4 members (excludes halogenated alkanes) is 1. The molecule has 0 fully saturated rings. The average Bonchev–Trinajstić information content (AvgIpc) is 2.88. The van der Waals surface area contributed by atoms with E-state index in [2.05, 4.69) is 22.4 Å². The van der Waals surface area contributed by atoms with E-state index in [-0.39, 0.29) is 6.04 Å². The summed E-state index contributed by atoms with van der Waals surface area (Å²) in [5.41, 5.74) is 0.977. The molecule has 0 saturated heterocycles. The fraction of sp³-hybridized carbons (Fsp3) is 0.429. The van der Waals surface area contributed by atoms with E-state index < -0.39 is 0 Å². The van der Waals surface area contributed by atoms with Gasteiger partial charge in [0.05, 0.1) is 0 Å². The number of benzene rings is 1. The van der Waals surface area contributed by atoms with Crippen LogP contribution in [0.2, 0.25) is 5.02 Å². The van der Waals surface area contributed by atoms with E-state index in [9.17, 15) is 0 Å². The summed E-state index contributed by atoms with van der Waals surface area (Å²) < 4.78 is 5.27. The van der Waals surface area contributed by atoms with Gasteiger partial charge in [0.15, 0.2) is 5.82 Å². The Balaban J connectivity index is 1.97. The zero-order chi connectivity index (χ0) is 13.7. The molecule has 4 nitrogen and oxygen atoms in total. The molecule has 1 N–H and O–H groups in total. The van der Waals surface area contributed by atoms with Crippen LogP contribution in [0.1, 0.15) is 44.4 Å². The lowest BCUT2D eigenvalue weighted by Gasteiger charge is -2.10. The second-order valence-electron chi connectivity index (χ2n) is 4.53. The standard InChI is InChI=1S/C14H18ClN3O/c1-3-4-5-13-17-14(19-18-13)10(2)16-12-8-6-11(15)7-9-12/h6-10,16H,3-5H2,1-2H3. The molecular formula is C14H18ClN3O. The van der Waals surface area contributed by atoms with Crippen molar-refractivity contribution in [2.75, 3.05) is 5.32 Å². The van der Waals surface area contributed by atoms with Crippen molar-refractivity contribution in [3.05, 3.63) is 41.0 Å². The van der Waals surface area contributed by atoms with E-state index >= 15 is 0 Å². The van der Waals surface area contributed by atoms with Crippen LogP contribution in [0.25, 0.3) is 0 Å². The molecule has 0 radical (unpaired) electrons. The molecule has 1 aromatic heterocycles. The maximum atomic E-state index is 5.85. The van der Waals surface area contributed by atoms with Gasteiger partial charge in [0, 0.05) is 17.1 Å². The van der Waals surface area contributed by atoms with Gasteiger partial charge in [-0.2, -0.15) is 4.98 Å². The van der Waals surface area contributed by atoms with Gasteiger partial charge in [-0.1, -0.05) is 30.1 Å². The van der Waals surface area contributed by atoms with Crippen LogP contribution in [0.4, 0.5) is 5.69 Å². The van der Waals surface area contributed by atoms with Crippen LogP contribution in [0.15, 0.2) is 28.8 Å². The quantitative estimate of drug-likeness (QED) is 0.859. The van der Waals surface area contributed by atoms with Gasteiger partial charge < -0.3 is 9.84 Å². The zero-order valence-electron chi connectivity index (χ0n) is 11.2. The van der Waals surface area contributed by atoms with Gasteiger partial charge in [0.2, 0.25) is 5.89 Å². The maximum Gasteiger partial charge on any atom is 0.248 e. The second-order valence-corrected chi connectivity index (χ2v) is 4.96. The molecule has 1 aromatic carbocycles. The number of halogens is 1. The van der Waals surface area contributed by atoms with Gasteiger partial charge >= 0.3 is 0 Å². The normalized spacial score (nSPS) is 12.4. The van der Waals surface area contributed by atoms with E-state index in [1.54, 1.807) is 0 Å². The molecule has 2 rings (SSSR count). The third-order valence-corrected chi connectivity index (χ3v) is 3.09. The minimum Gasteiger partial charge on any atom is -0.374 e. The third kappa shape index (κ3) is 3.96. The number of hydrogen-bond donors (Lipinski definition) is 1. The lowest BCUT2D eigenvalue weighted by atomic mass is 10.2. The summed E-state index contributed by atoms with van der Waals surface area (Å²) in [4.78, 5) is 4.40. The smallest absolute Gasteiger partial charge is 0.248 e. The van der Waals surface area contributed by atoms with E-state index in [0.717, 1.165) is 35.8 Å². The highest BCUT2D eigenvalue weighted by Crippen LogP contribution is 2.20. The van der Waals surface area contributed by atoms with E-state index in [0.29, 0.717) is 5.89 Å². The molecule has 0 aliphatic heterocycles. The second kappa shape index (κ2) is 6.57. The average molecular weight is 280 g/mol. The van der Waals surface area contributed by atoms with Crippen molar-refractivity contribution in [3.63, 3.8) is 0 Å². The molecular weight excluding hydrogens is 262 g/mol. The van der Waals surface area contributed by atoms with Gasteiger partial charge in [-0.15, -0.1) is 0 Å². The fourth-order valence-electron chi connectivity index (χ4n) is 1.74. The molecule has 0 bridgehead atoms. The van der Waals surface area contributed by atoms with Gasteiger partial charge in [-0.05, 0) is 37.6 Å². The van der Waals surface area contributed by atoms with Crippen molar-refractivity contribution in [2.24, 2.45) is 0 Å². The summed E-state index contributed by atoms with van der Waals surface area (Å²) in [6.07, 6.45) is 3.08. The lowest BCUT2D eigenvalue weighted by Crippen LogP contribution is -2.07. The molecule has 1 unspecified atom stereocenters. The molecule has 0 aliphatic carbocycles. The largest absolute Gasteiger partial charge is 0.374 e. The lowest BCUT2D eigenvalue weighted by molar-refractivity contribution is 0.362. The SMILES string of the molecule is CCCCc1noc(C(C)Nc2ccc(Cl)cc2)n1. The predicted molar refractivity (Wildman–Crippen MR) is 76.4 cm³/mol. The molecule has 0 amide bonds. The van der Waals surface area contributed by atoms with Crippen molar-refractivity contribution in [1.82, 2.24) is 10.1 Å². The van der Waals surface area contributed by atoms with Crippen LogP contribution in [0.5, 0.6) is 0 Å². The van der Waals surface area contributed by atoms with Gasteiger partial charge in [-0.25, -0.2) is 0 Å². The summed E-state index contributed by atoms with van der Waals surface area (Å²) in [5, 5.41) is 8.00. The fourth-order valence-corrected chi connectivity index (χ4v) is 1.86. The van der Waals surface area contributed by atoms with E-state index in [1.165, 1.54) is 0 Å². The monoisotopic (exact) mass is 279 g/mol. The number of aryl methyl sites for hydroxylation is 1. The molecule has 2 aromatic rings. The first-order valence-corrected chi connectivity index (χ1v) is 6.91. The first kappa shape index (κ1) is 13.9. The molecule has 1 heterocycles. The highest BCUT2D eigenvalue weighted by Gasteiger charge is 2.13. The summed E-state index contributed by atoms with van der Waals surface area (Å²) in [6, 6.07) is 7.51. The van der Waals surface area contributed by atoms with Crippen molar-refractivity contribution < 1.29 is 4.52 Å². The molecule has 5 heteroatoms. The minimum atomic E-state index is -0.0240. The van der Waals surface area contributed by atoms with Crippen LogP contribution in [-0.4, -0.2) is 10.1 Å². The van der Waals surface area contributed by atoms with Gasteiger partial charge in [0.25, 0.3) is 0 Å². The number of nitrogens with zero attached hydrogens (tertiary/aromatic N) is 2. The molecule has 0 saturated carbocycles. The first-order chi connectivity index (χ1) is 9.19. The molecule has 1 atom stereocenters. The van der Waals surface area contributed by atoms with Gasteiger partial charge in [0.1, 0.15) is 6.04 Å². The van der Waals surface area contributed by atoms with Crippen molar-refractivity contribution in [3.8, 4) is 0 Å². The first-order valence-electron chi connectivity index (χ1n) is 6.53. The third-order valence-electron chi connectivity index (χ3n) is 2.84. The van der Waals surface area contributed by atoms with Crippen LogP contribution in [0.3, 0.4) is 0 Å². The van der Waals surface area contributed by atoms with Gasteiger partial charge in [-0.3, -0.25) is 0 Å². The van der Waals surface area contributed by atoms with E-state index in [4.69, 9.17) is 16.1 Å². The Hall–Kier alpha value is -1.55. The van der Waals surface area contributed by atoms with Crippen LogP contribution >= 0.6 is 11.6 Å². The maximum absolute atomic E-state index is 5.85. The van der Waals surface area contributed by atoms with Crippen molar-refractivity contribution in [2.45, 2.75) is 39.2 Å². The van der Waals surface area contributed by atoms with Crippen LogP contribution in [0, 0.1) is 0 Å². The Morgan fingerprint density at radius 3 is 2.74 bits per heavy atom. The van der Waals surface area contributed by atoms with Crippen molar-refractivity contribution in [1.29, 1.82) is 0 Å². The Morgan fingerprint density at radius 2 is 2.05 bits per heavy atom. The number of nitrogens with one attached hydrogen (secondary N) is 1. The Labute approximate surface area is 118 Å². The molecule has 0 spiro atoms. The number of rotatable bonds is 6. The number of aromatic nitrogens is 2. The minimum absolute atomic E-state index is 0.0240. The Morgan fingerprint density at radius 1 is 1.32 bits per heavy atom.